The van der Waals surface area contributed by atoms with E-state index in [1.165, 1.54) is 5.56 Å². The van der Waals surface area contributed by atoms with Crippen LogP contribution in [0.1, 0.15) is 12.5 Å². The van der Waals surface area contributed by atoms with E-state index < -0.39 is 0 Å². The molecule has 1 fully saturated rings. The smallest absolute Gasteiger partial charge is 0.241 e. The van der Waals surface area contributed by atoms with E-state index in [9.17, 15) is 4.79 Å². The van der Waals surface area contributed by atoms with Gasteiger partial charge in [0.1, 0.15) is 0 Å². The van der Waals surface area contributed by atoms with Crippen molar-refractivity contribution in [3.63, 3.8) is 0 Å². The SMILES string of the molecule is CC1Cc2ccccc2N1C(=O)CN1CCN(CCO)CC1. The predicted molar refractivity (Wildman–Crippen MR) is 87.1 cm³/mol. The van der Waals surface area contributed by atoms with Gasteiger partial charge < -0.3 is 10.0 Å². The van der Waals surface area contributed by atoms with Gasteiger partial charge in [0, 0.05) is 44.5 Å². The number of carbonyl (C=O) groups is 1. The average Bonchev–Trinajstić information content (AvgIpc) is 2.85. The molecule has 5 nitrogen and oxygen atoms in total. The zero-order valence-electron chi connectivity index (χ0n) is 13.2. The maximum Gasteiger partial charge on any atom is 0.241 e. The molecule has 1 unspecified atom stereocenters. The number of aliphatic hydroxyl groups is 1. The highest BCUT2D eigenvalue weighted by Crippen LogP contribution is 2.31. The number of nitrogens with zero attached hydrogens (tertiary/aromatic N) is 3. The molecule has 120 valence electrons. The van der Waals surface area contributed by atoms with Crippen molar-refractivity contribution in [3.05, 3.63) is 29.8 Å². The standard InChI is InChI=1S/C17H25N3O2/c1-14-12-15-4-2-3-5-16(15)20(14)17(22)13-19-8-6-18(7-9-19)10-11-21/h2-5,14,21H,6-13H2,1H3. The van der Waals surface area contributed by atoms with Crippen LogP contribution in [0.3, 0.4) is 0 Å². The molecule has 1 aromatic carbocycles. The fraction of sp³-hybridized carbons (Fsp3) is 0.588. The molecule has 2 aliphatic heterocycles. The Morgan fingerprint density at radius 1 is 1.18 bits per heavy atom. The lowest BCUT2D eigenvalue weighted by Gasteiger charge is -2.35. The van der Waals surface area contributed by atoms with Crippen LogP contribution in [0.2, 0.25) is 0 Å². The number of hydrogen-bond donors (Lipinski definition) is 1. The number of rotatable bonds is 4. The molecule has 2 aliphatic rings. The Balaban J connectivity index is 1.59. The van der Waals surface area contributed by atoms with E-state index in [4.69, 9.17) is 5.11 Å². The summed E-state index contributed by atoms with van der Waals surface area (Å²) in [4.78, 5) is 19.2. The second-order valence-corrected chi connectivity index (χ2v) is 6.29. The molecular weight excluding hydrogens is 278 g/mol. The largest absolute Gasteiger partial charge is 0.395 e. The highest BCUT2D eigenvalue weighted by molar-refractivity contribution is 5.97. The van der Waals surface area contributed by atoms with Crippen LogP contribution in [0, 0.1) is 0 Å². The van der Waals surface area contributed by atoms with E-state index in [2.05, 4.69) is 28.9 Å². The summed E-state index contributed by atoms with van der Waals surface area (Å²) in [6, 6.07) is 8.47. The normalized spacial score (nSPS) is 22.8. The Labute approximate surface area is 132 Å². The first-order valence-electron chi connectivity index (χ1n) is 8.14. The maximum atomic E-state index is 12.7. The molecule has 0 radical (unpaired) electrons. The zero-order chi connectivity index (χ0) is 15.5. The van der Waals surface area contributed by atoms with E-state index in [1.54, 1.807) is 0 Å². The van der Waals surface area contributed by atoms with Crippen molar-refractivity contribution in [3.8, 4) is 0 Å². The highest BCUT2D eigenvalue weighted by atomic mass is 16.3. The molecule has 1 amide bonds. The minimum absolute atomic E-state index is 0.202. The van der Waals surface area contributed by atoms with Gasteiger partial charge in [-0.1, -0.05) is 18.2 Å². The summed E-state index contributed by atoms with van der Waals surface area (Å²) in [6.07, 6.45) is 0.951. The van der Waals surface area contributed by atoms with Crippen LogP contribution < -0.4 is 4.90 Å². The van der Waals surface area contributed by atoms with Gasteiger partial charge in [-0.2, -0.15) is 0 Å². The first-order chi connectivity index (χ1) is 10.7. The summed E-state index contributed by atoms with van der Waals surface area (Å²) in [5.41, 5.74) is 2.36. The second kappa shape index (κ2) is 6.77. The van der Waals surface area contributed by atoms with E-state index in [0.717, 1.165) is 44.8 Å². The topological polar surface area (TPSA) is 47.0 Å². The zero-order valence-corrected chi connectivity index (χ0v) is 13.2. The summed E-state index contributed by atoms with van der Waals surface area (Å²) in [5.74, 6) is 0.202. The van der Waals surface area contributed by atoms with Gasteiger partial charge in [-0.05, 0) is 25.0 Å². The van der Waals surface area contributed by atoms with E-state index >= 15 is 0 Å². The number of carbonyl (C=O) groups excluding carboxylic acids is 1. The molecule has 1 saturated heterocycles. The first kappa shape index (κ1) is 15.5. The summed E-state index contributed by atoms with van der Waals surface area (Å²) < 4.78 is 0. The number of benzene rings is 1. The molecule has 1 N–H and O–H groups in total. The Bertz CT molecular complexity index is 526. The number of hydrogen-bond acceptors (Lipinski definition) is 4. The van der Waals surface area contributed by atoms with E-state index in [1.807, 2.05) is 17.0 Å². The molecule has 0 spiro atoms. The van der Waals surface area contributed by atoms with Crippen LogP contribution >= 0.6 is 0 Å². The van der Waals surface area contributed by atoms with Gasteiger partial charge in [0.25, 0.3) is 0 Å². The van der Waals surface area contributed by atoms with E-state index in [-0.39, 0.29) is 18.6 Å². The molecule has 0 saturated carbocycles. The van der Waals surface area contributed by atoms with Crippen LogP contribution in [0.5, 0.6) is 0 Å². The second-order valence-electron chi connectivity index (χ2n) is 6.29. The molecule has 22 heavy (non-hydrogen) atoms. The first-order valence-corrected chi connectivity index (χ1v) is 8.14. The molecule has 0 bridgehead atoms. The van der Waals surface area contributed by atoms with Gasteiger partial charge in [-0.3, -0.25) is 14.6 Å². The number of amides is 1. The number of aliphatic hydroxyl groups excluding tert-OH is 1. The third-order valence-electron chi connectivity index (χ3n) is 4.72. The molecule has 2 heterocycles. The monoisotopic (exact) mass is 303 g/mol. The van der Waals surface area contributed by atoms with Crippen molar-refractivity contribution < 1.29 is 9.90 Å². The fourth-order valence-corrected chi connectivity index (χ4v) is 3.53. The molecule has 0 aromatic heterocycles. The van der Waals surface area contributed by atoms with Crippen molar-refractivity contribution in [2.75, 3.05) is 50.8 Å². The molecule has 1 aromatic rings. The Hall–Kier alpha value is -1.43. The number of piperazine rings is 1. The van der Waals surface area contributed by atoms with Crippen molar-refractivity contribution in [2.45, 2.75) is 19.4 Å². The van der Waals surface area contributed by atoms with Crippen LogP contribution in [0.15, 0.2) is 24.3 Å². The van der Waals surface area contributed by atoms with Gasteiger partial charge in [0.2, 0.25) is 5.91 Å². The number of β-amino-alcohol motifs (C(OH)–C–C–N with tert-alkyl or cyclic N) is 1. The van der Waals surface area contributed by atoms with Gasteiger partial charge in [0.15, 0.2) is 0 Å². The highest BCUT2D eigenvalue weighted by Gasteiger charge is 2.31. The van der Waals surface area contributed by atoms with Crippen molar-refractivity contribution in [1.29, 1.82) is 0 Å². The van der Waals surface area contributed by atoms with Gasteiger partial charge in [-0.25, -0.2) is 0 Å². The summed E-state index contributed by atoms with van der Waals surface area (Å²) in [7, 11) is 0. The maximum absolute atomic E-state index is 12.7. The molecule has 0 aliphatic carbocycles. The van der Waals surface area contributed by atoms with Crippen LogP contribution in [-0.4, -0.2) is 72.7 Å². The van der Waals surface area contributed by atoms with Crippen LogP contribution in [0.25, 0.3) is 0 Å². The fourth-order valence-electron chi connectivity index (χ4n) is 3.53. The predicted octanol–water partition coefficient (Wildman–Crippen LogP) is 0.574. The molecule has 5 heteroatoms. The lowest BCUT2D eigenvalue weighted by atomic mass is 10.1. The van der Waals surface area contributed by atoms with Gasteiger partial charge >= 0.3 is 0 Å². The van der Waals surface area contributed by atoms with Crippen LogP contribution in [0.4, 0.5) is 5.69 Å². The Morgan fingerprint density at radius 3 is 2.59 bits per heavy atom. The van der Waals surface area contributed by atoms with Gasteiger partial charge in [-0.15, -0.1) is 0 Å². The third-order valence-corrected chi connectivity index (χ3v) is 4.72. The number of para-hydroxylation sites is 1. The number of anilines is 1. The minimum Gasteiger partial charge on any atom is -0.395 e. The summed E-state index contributed by atoms with van der Waals surface area (Å²) in [5, 5.41) is 8.98. The van der Waals surface area contributed by atoms with Crippen molar-refractivity contribution in [2.24, 2.45) is 0 Å². The lowest BCUT2D eigenvalue weighted by molar-refractivity contribution is -0.120. The number of fused-ring (bicyclic) bond motifs is 1. The Kier molecular flexibility index (Phi) is 4.76. The third kappa shape index (κ3) is 3.16. The molecule has 1 atom stereocenters. The summed E-state index contributed by atoms with van der Waals surface area (Å²) in [6.45, 7) is 7.22. The average molecular weight is 303 g/mol. The Morgan fingerprint density at radius 2 is 1.86 bits per heavy atom. The van der Waals surface area contributed by atoms with Gasteiger partial charge in [0.05, 0.1) is 13.2 Å². The van der Waals surface area contributed by atoms with E-state index in [0.29, 0.717) is 6.54 Å². The summed E-state index contributed by atoms with van der Waals surface area (Å²) >= 11 is 0. The van der Waals surface area contributed by atoms with Crippen molar-refractivity contribution >= 4 is 11.6 Å². The van der Waals surface area contributed by atoms with Crippen molar-refractivity contribution in [1.82, 2.24) is 9.80 Å². The lowest BCUT2D eigenvalue weighted by Crippen LogP contribution is -2.51. The quantitative estimate of drug-likeness (QED) is 0.884. The molecule has 3 rings (SSSR count). The van der Waals surface area contributed by atoms with Crippen LogP contribution in [-0.2, 0) is 11.2 Å². The molecular formula is C17H25N3O2. The minimum atomic E-state index is 0.202.